The normalized spacial score (nSPS) is 16.8. The fourth-order valence-corrected chi connectivity index (χ4v) is 3.48. The monoisotopic (exact) mass is 375 g/mol. The zero-order valence-corrected chi connectivity index (χ0v) is 15.8. The molecule has 5 nitrogen and oxygen atoms in total. The first-order valence-corrected chi connectivity index (χ1v) is 9.24. The summed E-state index contributed by atoms with van der Waals surface area (Å²) in [5.41, 5.74) is 2.84. The molecule has 142 valence electrons. The van der Waals surface area contributed by atoms with Gasteiger partial charge in [-0.15, -0.1) is 0 Å². The van der Waals surface area contributed by atoms with E-state index in [0.717, 1.165) is 16.9 Å². The fraction of sp³-hybridized carbons (Fsp3) is 0.217. The van der Waals surface area contributed by atoms with Gasteiger partial charge >= 0.3 is 5.97 Å². The van der Waals surface area contributed by atoms with Crippen LogP contribution in [0.15, 0.2) is 71.3 Å². The topological polar surface area (TPSA) is 59.8 Å². The number of carbonyl (C=O) groups excluding carboxylic acids is 2. The van der Waals surface area contributed by atoms with Crippen LogP contribution in [0.1, 0.15) is 56.7 Å². The van der Waals surface area contributed by atoms with Crippen molar-refractivity contribution >= 4 is 11.9 Å². The number of rotatable bonds is 4. The van der Waals surface area contributed by atoms with Crippen molar-refractivity contribution in [1.82, 2.24) is 4.90 Å². The van der Waals surface area contributed by atoms with E-state index in [2.05, 4.69) is 0 Å². The van der Waals surface area contributed by atoms with Gasteiger partial charge < -0.3 is 14.1 Å². The molecule has 0 radical (unpaired) electrons. The van der Waals surface area contributed by atoms with Crippen molar-refractivity contribution in [2.75, 3.05) is 7.05 Å². The van der Waals surface area contributed by atoms with Crippen LogP contribution in [-0.2, 0) is 11.2 Å². The molecule has 3 aromatic rings. The number of benzene rings is 2. The highest BCUT2D eigenvalue weighted by molar-refractivity contribution is 5.97. The Morgan fingerprint density at radius 3 is 2.61 bits per heavy atom. The van der Waals surface area contributed by atoms with Crippen LogP contribution in [0.2, 0.25) is 0 Å². The first-order valence-electron chi connectivity index (χ1n) is 9.24. The average Bonchev–Trinajstić information content (AvgIpc) is 3.27. The molecule has 0 saturated heterocycles. The maximum atomic E-state index is 13.0. The summed E-state index contributed by atoms with van der Waals surface area (Å²) < 4.78 is 11.0. The Balaban J connectivity index is 1.60. The lowest BCUT2D eigenvalue weighted by atomic mass is 9.93. The molecule has 28 heavy (non-hydrogen) atoms. The first kappa shape index (κ1) is 18.0. The Bertz CT molecular complexity index is 995. The van der Waals surface area contributed by atoms with Gasteiger partial charge in [-0.25, -0.2) is 4.79 Å². The standard InChI is InChI=1S/C23H21NO4/c1-15(20-9-6-12-27-20)24(2)22(25)17-10-11-19-18(13-17)14-21(28-23(19)26)16-7-4-3-5-8-16/h3-13,15,21H,14H2,1-2H3. The van der Waals surface area contributed by atoms with Crippen LogP contribution >= 0.6 is 0 Å². The molecule has 0 bridgehead atoms. The Morgan fingerprint density at radius 1 is 1.11 bits per heavy atom. The number of amides is 1. The number of fused-ring (bicyclic) bond motifs is 1. The molecule has 2 atom stereocenters. The van der Waals surface area contributed by atoms with Crippen molar-refractivity contribution in [1.29, 1.82) is 0 Å². The van der Waals surface area contributed by atoms with Crippen LogP contribution in [0.3, 0.4) is 0 Å². The summed E-state index contributed by atoms with van der Waals surface area (Å²) in [6.45, 7) is 1.91. The Kier molecular flexibility index (Phi) is 4.74. The van der Waals surface area contributed by atoms with Gasteiger partial charge in [-0.1, -0.05) is 30.3 Å². The van der Waals surface area contributed by atoms with Gasteiger partial charge in [0.05, 0.1) is 17.9 Å². The van der Waals surface area contributed by atoms with E-state index < -0.39 is 0 Å². The van der Waals surface area contributed by atoms with Crippen LogP contribution in [0, 0.1) is 0 Å². The molecule has 0 fully saturated rings. The predicted molar refractivity (Wildman–Crippen MR) is 104 cm³/mol. The summed E-state index contributed by atoms with van der Waals surface area (Å²) in [6, 6.07) is 18.3. The van der Waals surface area contributed by atoms with E-state index in [1.54, 1.807) is 42.5 Å². The van der Waals surface area contributed by atoms with Crippen molar-refractivity contribution in [3.05, 3.63) is 94.9 Å². The fourth-order valence-electron chi connectivity index (χ4n) is 3.48. The molecule has 0 aliphatic carbocycles. The quantitative estimate of drug-likeness (QED) is 0.627. The minimum Gasteiger partial charge on any atom is -0.467 e. The summed E-state index contributed by atoms with van der Waals surface area (Å²) in [6.07, 6.45) is 1.80. The summed E-state index contributed by atoms with van der Waals surface area (Å²) in [5, 5.41) is 0. The van der Waals surface area contributed by atoms with Crippen molar-refractivity contribution in [2.45, 2.75) is 25.5 Å². The van der Waals surface area contributed by atoms with E-state index in [4.69, 9.17) is 9.15 Å². The minimum absolute atomic E-state index is 0.123. The maximum Gasteiger partial charge on any atom is 0.339 e. The van der Waals surface area contributed by atoms with Crippen molar-refractivity contribution in [2.24, 2.45) is 0 Å². The van der Waals surface area contributed by atoms with E-state index in [9.17, 15) is 9.59 Å². The first-order chi connectivity index (χ1) is 13.5. The Hall–Kier alpha value is -3.34. The van der Waals surface area contributed by atoms with Gasteiger partial charge in [-0.2, -0.15) is 0 Å². The van der Waals surface area contributed by atoms with Gasteiger partial charge in [-0.3, -0.25) is 4.79 Å². The van der Waals surface area contributed by atoms with Gasteiger partial charge in [0.1, 0.15) is 11.9 Å². The number of carbonyl (C=O) groups is 2. The highest BCUT2D eigenvalue weighted by Crippen LogP contribution is 2.31. The zero-order chi connectivity index (χ0) is 19.7. The van der Waals surface area contributed by atoms with Crippen molar-refractivity contribution in [3.63, 3.8) is 0 Å². The summed E-state index contributed by atoms with van der Waals surface area (Å²) in [5.74, 6) is 0.245. The zero-order valence-electron chi connectivity index (χ0n) is 15.8. The molecule has 5 heteroatoms. The smallest absolute Gasteiger partial charge is 0.339 e. The highest BCUT2D eigenvalue weighted by Gasteiger charge is 2.29. The molecular formula is C23H21NO4. The second-order valence-electron chi connectivity index (χ2n) is 6.99. The van der Waals surface area contributed by atoms with Crippen LogP contribution in [0.4, 0.5) is 0 Å². The lowest BCUT2D eigenvalue weighted by Gasteiger charge is -2.27. The van der Waals surface area contributed by atoms with E-state index in [-0.39, 0.29) is 24.0 Å². The summed E-state index contributed by atoms with van der Waals surface area (Å²) in [4.78, 5) is 27.0. The highest BCUT2D eigenvalue weighted by atomic mass is 16.5. The number of nitrogens with zero attached hydrogens (tertiary/aromatic N) is 1. The van der Waals surface area contributed by atoms with E-state index in [0.29, 0.717) is 17.5 Å². The van der Waals surface area contributed by atoms with Crippen molar-refractivity contribution in [3.8, 4) is 0 Å². The van der Waals surface area contributed by atoms with Crippen LogP contribution < -0.4 is 0 Å². The second-order valence-corrected chi connectivity index (χ2v) is 6.99. The maximum absolute atomic E-state index is 13.0. The lowest BCUT2D eigenvalue weighted by Crippen LogP contribution is -2.30. The largest absolute Gasteiger partial charge is 0.467 e. The van der Waals surface area contributed by atoms with Gasteiger partial charge in [-0.05, 0) is 48.4 Å². The molecule has 0 saturated carbocycles. The van der Waals surface area contributed by atoms with Crippen LogP contribution in [-0.4, -0.2) is 23.8 Å². The lowest BCUT2D eigenvalue weighted by molar-refractivity contribution is 0.0252. The van der Waals surface area contributed by atoms with Gasteiger partial charge in [0, 0.05) is 19.0 Å². The Morgan fingerprint density at radius 2 is 1.89 bits per heavy atom. The van der Waals surface area contributed by atoms with Crippen LogP contribution in [0.25, 0.3) is 0 Å². The van der Waals surface area contributed by atoms with E-state index >= 15 is 0 Å². The number of cyclic esters (lactones) is 1. The molecule has 2 unspecified atom stereocenters. The molecule has 4 rings (SSSR count). The molecule has 1 aliphatic heterocycles. The molecule has 2 heterocycles. The van der Waals surface area contributed by atoms with Crippen LogP contribution in [0.5, 0.6) is 0 Å². The Labute approximate surface area is 163 Å². The van der Waals surface area contributed by atoms with Gasteiger partial charge in [0.2, 0.25) is 0 Å². The number of hydrogen-bond donors (Lipinski definition) is 0. The molecule has 1 aromatic heterocycles. The second kappa shape index (κ2) is 7.35. The average molecular weight is 375 g/mol. The minimum atomic E-state index is -0.355. The number of hydrogen-bond acceptors (Lipinski definition) is 4. The third-order valence-electron chi connectivity index (χ3n) is 5.25. The number of furan rings is 1. The number of ether oxygens (including phenoxy) is 1. The molecule has 1 amide bonds. The predicted octanol–water partition coefficient (Wildman–Crippen LogP) is 4.57. The summed E-state index contributed by atoms with van der Waals surface area (Å²) in [7, 11) is 1.75. The molecule has 0 spiro atoms. The SMILES string of the molecule is CC(c1ccco1)N(C)C(=O)c1ccc2c(c1)CC(c1ccccc1)OC2=O. The van der Waals surface area contributed by atoms with Crippen molar-refractivity contribution < 1.29 is 18.7 Å². The third kappa shape index (κ3) is 3.31. The molecule has 1 aliphatic rings. The van der Waals surface area contributed by atoms with E-state index in [1.807, 2.05) is 43.3 Å². The summed E-state index contributed by atoms with van der Waals surface area (Å²) >= 11 is 0. The van der Waals surface area contributed by atoms with Gasteiger partial charge in [0.15, 0.2) is 0 Å². The number of esters is 1. The van der Waals surface area contributed by atoms with E-state index in [1.165, 1.54) is 0 Å². The third-order valence-corrected chi connectivity index (χ3v) is 5.25. The molecule has 2 aromatic carbocycles. The molecule has 0 N–H and O–H groups in total. The van der Waals surface area contributed by atoms with Gasteiger partial charge in [0.25, 0.3) is 5.91 Å². The molecular weight excluding hydrogens is 354 g/mol.